The number of hydrogen-bond donors (Lipinski definition) is 2. The molecule has 0 saturated carbocycles. The maximum Gasteiger partial charge on any atom is 0.274 e. The highest BCUT2D eigenvalue weighted by Crippen LogP contribution is 2.15. The first kappa shape index (κ1) is 18.8. The Bertz CT molecular complexity index is 798. The van der Waals surface area contributed by atoms with E-state index in [1.165, 1.54) is 5.56 Å². The van der Waals surface area contributed by atoms with Crippen LogP contribution in [0.3, 0.4) is 0 Å². The predicted molar refractivity (Wildman–Crippen MR) is 102 cm³/mol. The van der Waals surface area contributed by atoms with Crippen molar-refractivity contribution < 1.29 is 0 Å². The molecule has 0 unspecified atom stereocenters. The summed E-state index contributed by atoms with van der Waals surface area (Å²) in [7, 11) is 0. The van der Waals surface area contributed by atoms with Crippen LogP contribution in [0.2, 0.25) is 0 Å². The Labute approximate surface area is 148 Å². The highest BCUT2D eigenvalue weighted by atomic mass is 16.1. The van der Waals surface area contributed by atoms with Crippen molar-refractivity contribution in [3.8, 4) is 0 Å². The van der Waals surface area contributed by atoms with Crippen molar-refractivity contribution in [1.82, 2.24) is 15.2 Å². The number of hydrogen-bond acceptors (Lipinski definition) is 5. The summed E-state index contributed by atoms with van der Waals surface area (Å²) >= 11 is 0. The molecular formula is C19H27N5O. The van der Waals surface area contributed by atoms with Crippen LogP contribution in [-0.4, -0.2) is 20.9 Å². The number of aromatic nitrogens is 3. The number of nitrogens with zero attached hydrogens (tertiary/aromatic N) is 3. The summed E-state index contributed by atoms with van der Waals surface area (Å²) in [4.78, 5) is 14.8. The zero-order valence-corrected chi connectivity index (χ0v) is 15.8. The van der Waals surface area contributed by atoms with E-state index in [1.807, 2.05) is 27.7 Å². The summed E-state index contributed by atoms with van der Waals surface area (Å²) in [6.07, 6.45) is 1.06. The summed E-state index contributed by atoms with van der Waals surface area (Å²) in [5.74, 6) is 0.863. The molecule has 0 aliphatic rings. The standard InChI is InChI=1S/C19H27N5O/c1-12(2)11-14-7-9-15(10-8-14)13(3)21-23-18-20-17(25)16(22-24-18)19(4,5)6/h7-10,12H,11H2,1-6H3,(H2,20,23,24,25)/b21-13+. The number of anilines is 1. The van der Waals surface area contributed by atoms with Gasteiger partial charge in [-0.25, -0.2) is 5.43 Å². The van der Waals surface area contributed by atoms with Gasteiger partial charge in [0.15, 0.2) is 0 Å². The average molecular weight is 341 g/mol. The van der Waals surface area contributed by atoms with Gasteiger partial charge in [-0.05, 0) is 30.4 Å². The first-order valence-corrected chi connectivity index (χ1v) is 8.54. The summed E-state index contributed by atoms with van der Waals surface area (Å²) in [6.45, 7) is 12.1. The molecule has 0 amide bonds. The Hall–Kier alpha value is -2.50. The van der Waals surface area contributed by atoms with Crippen LogP contribution in [0.15, 0.2) is 34.2 Å². The molecule has 2 N–H and O–H groups in total. The molecule has 1 aromatic carbocycles. The van der Waals surface area contributed by atoms with Crippen molar-refractivity contribution in [1.29, 1.82) is 0 Å². The Kier molecular flexibility index (Phi) is 5.72. The van der Waals surface area contributed by atoms with Crippen LogP contribution >= 0.6 is 0 Å². The minimum absolute atomic E-state index is 0.230. The molecule has 134 valence electrons. The van der Waals surface area contributed by atoms with Crippen LogP contribution < -0.4 is 11.0 Å². The molecule has 2 aromatic rings. The van der Waals surface area contributed by atoms with E-state index in [0.29, 0.717) is 11.6 Å². The predicted octanol–water partition coefficient (Wildman–Crippen LogP) is 3.50. The van der Waals surface area contributed by atoms with Gasteiger partial charge in [0.25, 0.3) is 5.56 Å². The topological polar surface area (TPSA) is 83.0 Å². The van der Waals surface area contributed by atoms with Gasteiger partial charge >= 0.3 is 0 Å². The lowest BCUT2D eigenvalue weighted by molar-refractivity contribution is 0.547. The van der Waals surface area contributed by atoms with Crippen molar-refractivity contribution in [2.75, 3.05) is 5.43 Å². The molecule has 0 radical (unpaired) electrons. The summed E-state index contributed by atoms with van der Waals surface area (Å²) in [5, 5.41) is 12.3. The van der Waals surface area contributed by atoms with Crippen molar-refractivity contribution >= 4 is 11.7 Å². The number of aromatic amines is 1. The minimum Gasteiger partial charge on any atom is -0.288 e. The third-order valence-electron chi connectivity index (χ3n) is 3.75. The second kappa shape index (κ2) is 7.59. The van der Waals surface area contributed by atoms with E-state index in [1.54, 1.807) is 0 Å². The lowest BCUT2D eigenvalue weighted by atomic mass is 9.93. The third kappa shape index (κ3) is 5.24. The first-order chi connectivity index (χ1) is 11.7. The maximum atomic E-state index is 12.1. The average Bonchev–Trinajstić information content (AvgIpc) is 2.51. The molecule has 0 saturated heterocycles. The van der Waals surface area contributed by atoms with Crippen molar-refractivity contribution in [2.24, 2.45) is 11.0 Å². The third-order valence-corrected chi connectivity index (χ3v) is 3.75. The van der Waals surface area contributed by atoms with Gasteiger partial charge in [-0.1, -0.05) is 58.9 Å². The lowest BCUT2D eigenvalue weighted by Gasteiger charge is -2.15. The normalized spacial score (nSPS) is 12.5. The van der Waals surface area contributed by atoms with Gasteiger partial charge in [-0.2, -0.15) is 5.10 Å². The highest BCUT2D eigenvalue weighted by molar-refractivity contribution is 5.99. The van der Waals surface area contributed by atoms with Gasteiger partial charge in [0, 0.05) is 5.41 Å². The zero-order valence-electron chi connectivity index (χ0n) is 15.8. The number of benzene rings is 1. The fourth-order valence-electron chi connectivity index (χ4n) is 2.43. The fraction of sp³-hybridized carbons (Fsp3) is 0.474. The molecule has 0 fully saturated rings. The van der Waals surface area contributed by atoms with E-state index in [0.717, 1.165) is 17.7 Å². The molecule has 0 aliphatic carbocycles. The van der Waals surface area contributed by atoms with E-state index in [9.17, 15) is 4.79 Å². The van der Waals surface area contributed by atoms with E-state index in [2.05, 4.69) is 63.8 Å². The lowest BCUT2D eigenvalue weighted by Crippen LogP contribution is -2.28. The number of rotatable bonds is 5. The Morgan fingerprint density at radius 2 is 1.84 bits per heavy atom. The van der Waals surface area contributed by atoms with Gasteiger partial charge in [-0.3, -0.25) is 9.78 Å². The van der Waals surface area contributed by atoms with Crippen molar-refractivity contribution in [3.05, 3.63) is 51.4 Å². The molecule has 25 heavy (non-hydrogen) atoms. The first-order valence-electron chi connectivity index (χ1n) is 8.54. The molecule has 0 bridgehead atoms. The van der Waals surface area contributed by atoms with E-state index < -0.39 is 0 Å². The zero-order chi connectivity index (χ0) is 18.6. The summed E-state index contributed by atoms with van der Waals surface area (Å²) in [5.41, 5.74) is 5.70. The van der Waals surface area contributed by atoms with Crippen LogP contribution in [0.4, 0.5) is 5.95 Å². The molecule has 2 rings (SSSR count). The molecule has 1 aromatic heterocycles. The highest BCUT2D eigenvalue weighted by Gasteiger charge is 2.20. The van der Waals surface area contributed by atoms with E-state index in [4.69, 9.17) is 0 Å². The maximum absolute atomic E-state index is 12.1. The van der Waals surface area contributed by atoms with Crippen LogP contribution in [0.5, 0.6) is 0 Å². The summed E-state index contributed by atoms with van der Waals surface area (Å²) < 4.78 is 0. The molecule has 0 spiro atoms. The van der Waals surface area contributed by atoms with E-state index in [-0.39, 0.29) is 16.9 Å². The van der Waals surface area contributed by atoms with Crippen LogP contribution in [0.1, 0.15) is 58.4 Å². The Morgan fingerprint density at radius 3 is 2.36 bits per heavy atom. The van der Waals surface area contributed by atoms with Crippen LogP contribution in [0, 0.1) is 5.92 Å². The Morgan fingerprint density at radius 1 is 1.20 bits per heavy atom. The smallest absolute Gasteiger partial charge is 0.274 e. The summed E-state index contributed by atoms with van der Waals surface area (Å²) in [6, 6.07) is 8.34. The number of H-pyrrole nitrogens is 1. The van der Waals surface area contributed by atoms with E-state index >= 15 is 0 Å². The van der Waals surface area contributed by atoms with Gasteiger partial charge in [0.05, 0.1) is 5.71 Å². The number of hydrazone groups is 1. The second-order valence-electron chi connectivity index (χ2n) is 7.71. The van der Waals surface area contributed by atoms with Gasteiger partial charge in [-0.15, -0.1) is 10.2 Å². The molecular weight excluding hydrogens is 314 g/mol. The van der Waals surface area contributed by atoms with Crippen LogP contribution in [0.25, 0.3) is 0 Å². The van der Waals surface area contributed by atoms with Gasteiger partial charge in [0.1, 0.15) is 5.69 Å². The molecule has 0 atom stereocenters. The second-order valence-corrected chi connectivity index (χ2v) is 7.71. The minimum atomic E-state index is -0.351. The van der Waals surface area contributed by atoms with Crippen molar-refractivity contribution in [2.45, 2.75) is 53.4 Å². The van der Waals surface area contributed by atoms with Crippen molar-refractivity contribution in [3.63, 3.8) is 0 Å². The largest absolute Gasteiger partial charge is 0.288 e. The molecule has 1 heterocycles. The van der Waals surface area contributed by atoms with Gasteiger partial charge in [0.2, 0.25) is 5.95 Å². The van der Waals surface area contributed by atoms with Crippen LogP contribution in [-0.2, 0) is 11.8 Å². The Balaban J connectivity index is 2.11. The number of nitrogens with one attached hydrogen (secondary N) is 2. The molecule has 6 nitrogen and oxygen atoms in total. The molecule has 0 aliphatic heterocycles. The molecule has 6 heteroatoms. The fourth-order valence-corrected chi connectivity index (χ4v) is 2.43. The SMILES string of the molecule is C/C(=N\Nc1nnc(C(C)(C)C)c(=O)[nH]1)c1ccc(CC(C)C)cc1. The quantitative estimate of drug-likeness (QED) is 0.644. The van der Waals surface area contributed by atoms with Gasteiger partial charge < -0.3 is 0 Å². The monoisotopic (exact) mass is 341 g/mol.